The van der Waals surface area contributed by atoms with Gasteiger partial charge in [0.1, 0.15) is 11.3 Å². The Labute approximate surface area is 142 Å². The van der Waals surface area contributed by atoms with Gasteiger partial charge < -0.3 is 14.6 Å². The zero-order valence-electron chi connectivity index (χ0n) is 14.5. The number of phenols is 1. The largest absolute Gasteiger partial charge is 0.508 e. The molecule has 2 rings (SSSR count). The first-order valence-corrected chi connectivity index (χ1v) is 8.21. The van der Waals surface area contributed by atoms with E-state index in [0.29, 0.717) is 6.42 Å². The van der Waals surface area contributed by atoms with Gasteiger partial charge in [0.15, 0.2) is 0 Å². The van der Waals surface area contributed by atoms with Crippen molar-refractivity contribution in [1.82, 2.24) is 5.32 Å². The number of hydrogen-bond donors (Lipinski definition) is 2. The molecule has 1 aromatic carbocycles. The molecule has 0 radical (unpaired) electrons. The van der Waals surface area contributed by atoms with Gasteiger partial charge >= 0.3 is 11.9 Å². The first kappa shape index (κ1) is 18.3. The Morgan fingerprint density at radius 1 is 1.33 bits per heavy atom. The van der Waals surface area contributed by atoms with Crippen LogP contribution in [0.15, 0.2) is 24.3 Å². The van der Waals surface area contributed by atoms with E-state index < -0.39 is 11.5 Å². The van der Waals surface area contributed by atoms with Gasteiger partial charge in [-0.2, -0.15) is 0 Å². The molecule has 0 aliphatic carbocycles. The van der Waals surface area contributed by atoms with Gasteiger partial charge in [-0.1, -0.05) is 12.1 Å². The van der Waals surface area contributed by atoms with Gasteiger partial charge in [-0.15, -0.1) is 0 Å². The van der Waals surface area contributed by atoms with E-state index in [9.17, 15) is 14.7 Å². The molecule has 1 unspecified atom stereocenters. The molecule has 3 atom stereocenters. The zero-order chi connectivity index (χ0) is 17.9. The lowest BCUT2D eigenvalue weighted by atomic mass is 9.90. The first-order valence-electron chi connectivity index (χ1n) is 8.21. The van der Waals surface area contributed by atoms with E-state index >= 15 is 0 Å². The molecule has 2 N–H and O–H groups in total. The molecule has 1 aliphatic heterocycles. The molecular formula is C18H25NO5. The van der Waals surface area contributed by atoms with E-state index in [1.807, 2.05) is 0 Å². The number of esters is 2. The van der Waals surface area contributed by atoms with Crippen molar-refractivity contribution in [3.63, 3.8) is 0 Å². The minimum absolute atomic E-state index is 0.145. The van der Waals surface area contributed by atoms with Crippen LogP contribution in [-0.2, 0) is 19.1 Å². The second-order valence-corrected chi connectivity index (χ2v) is 6.56. The van der Waals surface area contributed by atoms with Crippen molar-refractivity contribution in [2.45, 2.75) is 51.8 Å². The van der Waals surface area contributed by atoms with Gasteiger partial charge in [-0.3, -0.25) is 14.9 Å². The van der Waals surface area contributed by atoms with Crippen molar-refractivity contribution < 1.29 is 24.2 Å². The highest BCUT2D eigenvalue weighted by Gasteiger charge is 2.51. The van der Waals surface area contributed by atoms with E-state index in [1.165, 1.54) is 0 Å². The van der Waals surface area contributed by atoms with Crippen LogP contribution < -0.4 is 5.32 Å². The van der Waals surface area contributed by atoms with Crippen LogP contribution in [0.5, 0.6) is 5.75 Å². The van der Waals surface area contributed by atoms with Gasteiger partial charge in [0.2, 0.25) is 0 Å². The van der Waals surface area contributed by atoms with Crippen LogP contribution >= 0.6 is 0 Å². The number of aromatic hydroxyl groups is 1. The molecular weight excluding hydrogens is 310 g/mol. The molecule has 0 spiro atoms. The van der Waals surface area contributed by atoms with Crippen molar-refractivity contribution in [2.75, 3.05) is 6.61 Å². The highest BCUT2D eigenvalue weighted by molar-refractivity contribution is 5.84. The number of carbonyl (C=O) groups is 2. The number of phenolic OH excluding ortho intramolecular Hbond substituents is 1. The highest BCUT2D eigenvalue weighted by Crippen LogP contribution is 2.40. The predicted octanol–water partition coefficient (Wildman–Crippen LogP) is 2.32. The lowest BCUT2D eigenvalue weighted by Gasteiger charge is -2.25. The number of carbonyl (C=O) groups excluding carboxylic acids is 2. The van der Waals surface area contributed by atoms with Gasteiger partial charge in [-0.05, 0) is 51.8 Å². The molecule has 1 saturated heterocycles. The Bertz CT molecular complexity index is 598. The Hall–Kier alpha value is -2.08. The van der Waals surface area contributed by atoms with Crippen LogP contribution in [0.3, 0.4) is 0 Å². The van der Waals surface area contributed by atoms with Gasteiger partial charge in [0.05, 0.1) is 18.6 Å². The highest BCUT2D eigenvalue weighted by atomic mass is 16.5. The molecule has 0 amide bonds. The molecule has 132 valence electrons. The van der Waals surface area contributed by atoms with Crippen molar-refractivity contribution in [1.29, 1.82) is 0 Å². The molecule has 0 saturated carbocycles. The maximum absolute atomic E-state index is 12.5. The van der Waals surface area contributed by atoms with Crippen LogP contribution in [0.1, 0.15) is 45.7 Å². The van der Waals surface area contributed by atoms with Gasteiger partial charge in [0, 0.05) is 6.04 Å². The predicted molar refractivity (Wildman–Crippen MR) is 88.4 cm³/mol. The average molecular weight is 335 g/mol. The quantitative estimate of drug-likeness (QED) is 0.803. The average Bonchev–Trinajstić information content (AvgIpc) is 2.87. The normalized spacial score (nSPS) is 26.4. The minimum atomic E-state index is -0.968. The summed E-state index contributed by atoms with van der Waals surface area (Å²) in [7, 11) is 0. The summed E-state index contributed by atoms with van der Waals surface area (Å²) in [5.74, 6) is -1.08. The van der Waals surface area contributed by atoms with E-state index in [1.54, 1.807) is 52.0 Å². The molecule has 0 bridgehead atoms. The van der Waals surface area contributed by atoms with Crippen molar-refractivity contribution >= 4 is 11.9 Å². The van der Waals surface area contributed by atoms with Crippen molar-refractivity contribution in [3.05, 3.63) is 29.8 Å². The standard InChI is InChI=1S/C18H25NO5/c1-5-23-16(21)14-10-18(4,17(22)24-11(2)3)19-15(14)12-6-8-13(20)9-7-12/h6-9,11,14-15,19-20H,5,10H2,1-4H3/t14-,15+,18?/m1/s1. The molecule has 1 aromatic rings. The first-order chi connectivity index (χ1) is 11.3. The Kier molecular flexibility index (Phi) is 5.49. The lowest BCUT2D eigenvalue weighted by molar-refractivity contribution is -0.154. The fraction of sp³-hybridized carbons (Fsp3) is 0.556. The topological polar surface area (TPSA) is 84.9 Å². The van der Waals surface area contributed by atoms with Crippen LogP contribution in [-0.4, -0.2) is 35.3 Å². The minimum Gasteiger partial charge on any atom is -0.508 e. The summed E-state index contributed by atoms with van der Waals surface area (Å²) < 4.78 is 10.5. The summed E-state index contributed by atoms with van der Waals surface area (Å²) in [6.07, 6.45) is 0.0630. The third-order valence-electron chi connectivity index (χ3n) is 4.14. The Balaban J connectivity index is 2.30. The third kappa shape index (κ3) is 3.87. The number of benzene rings is 1. The second-order valence-electron chi connectivity index (χ2n) is 6.56. The monoisotopic (exact) mass is 335 g/mol. The summed E-state index contributed by atoms with van der Waals surface area (Å²) >= 11 is 0. The van der Waals surface area contributed by atoms with Gasteiger partial charge in [-0.25, -0.2) is 0 Å². The molecule has 6 nitrogen and oxygen atoms in total. The van der Waals surface area contributed by atoms with E-state index in [4.69, 9.17) is 9.47 Å². The molecule has 0 aromatic heterocycles. The summed E-state index contributed by atoms with van der Waals surface area (Å²) in [5.41, 5.74) is -0.156. The zero-order valence-corrected chi connectivity index (χ0v) is 14.5. The smallest absolute Gasteiger partial charge is 0.326 e. The van der Waals surface area contributed by atoms with Gasteiger partial charge in [0.25, 0.3) is 0 Å². The Morgan fingerprint density at radius 3 is 2.50 bits per heavy atom. The second kappa shape index (κ2) is 7.21. The molecule has 1 heterocycles. The summed E-state index contributed by atoms with van der Waals surface area (Å²) in [6.45, 7) is 7.35. The molecule has 24 heavy (non-hydrogen) atoms. The van der Waals surface area contributed by atoms with Crippen LogP contribution in [0, 0.1) is 5.92 Å². The molecule has 6 heteroatoms. The third-order valence-corrected chi connectivity index (χ3v) is 4.14. The fourth-order valence-electron chi connectivity index (χ4n) is 3.01. The van der Waals surface area contributed by atoms with E-state index in [0.717, 1.165) is 5.56 Å². The van der Waals surface area contributed by atoms with Crippen LogP contribution in [0.2, 0.25) is 0 Å². The van der Waals surface area contributed by atoms with Crippen molar-refractivity contribution in [2.24, 2.45) is 5.92 Å². The van der Waals surface area contributed by atoms with E-state index in [-0.39, 0.29) is 36.4 Å². The summed E-state index contributed by atoms with van der Waals surface area (Å²) in [6, 6.07) is 6.20. The van der Waals surface area contributed by atoms with Crippen LogP contribution in [0.25, 0.3) is 0 Å². The van der Waals surface area contributed by atoms with E-state index in [2.05, 4.69) is 5.32 Å². The van der Waals surface area contributed by atoms with Crippen LogP contribution in [0.4, 0.5) is 0 Å². The molecule has 1 aliphatic rings. The summed E-state index contributed by atoms with van der Waals surface area (Å²) in [5, 5.41) is 12.7. The number of hydrogen-bond acceptors (Lipinski definition) is 6. The molecule has 1 fully saturated rings. The maximum atomic E-state index is 12.5. The van der Waals surface area contributed by atoms with Crippen molar-refractivity contribution in [3.8, 4) is 5.75 Å². The number of nitrogens with one attached hydrogen (secondary N) is 1. The maximum Gasteiger partial charge on any atom is 0.326 e. The number of rotatable bonds is 5. The fourth-order valence-corrected chi connectivity index (χ4v) is 3.01. The SMILES string of the molecule is CCOC(=O)[C@@H]1CC(C)(C(=O)OC(C)C)N[C@H]1c1ccc(O)cc1. The Morgan fingerprint density at radius 2 is 1.96 bits per heavy atom. The summed E-state index contributed by atoms with van der Waals surface area (Å²) in [4.78, 5) is 24.8. The lowest BCUT2D eigenvalue weighted by Crippen LogP contribution is -2.47. The number of ether oxygens (including phenoxy) is 2.